The third kappa shape index (κ3) is 2.77. The van der Waals surface area contributed by atoms with Gasteiger partial charge < -0.3 is 4.42 Å². The molecule has 3 nitrogen and oxygen atoms in total. The van der Waals surface area contributed by atoms with Crippen LogP contribution in [0.4, 0.5) is 0 Å². The molecule has 3 aromatic carbocycles. The van der Waals surface area contributed by atoms with Gasteiger partial charge in [-0.25, -0.2) is 0 Å². The highest BCUT2D eigenvalue weighted by Gasteiger charge is 2.21. The molecule has 5 rings (SSSR count). The first kappa shape index (κ1) is 18.1. The van der Waals surface area contributed by atoms with Crippen molar-refractivity contribution >= 4 is 21.9 Å². The number of nitrogens with zero attached hydrogens (tertiary/aromatic N) is 2. The standard InChI is InChI=1S/C27H20N2O/c1-16-7-9-20(17(2)12-16)21-13-18(3)25(23-6-4-5-11-29-23)27-26(21)22-14-19(15-28)8-10-24(22)30-27/h4-14H,1-3H3. The maximum absolute atomic E-state index is 9.45. The molecule has 5 aromatic rings. The number of fused-ring (bicyclic) bond motifs is 3. The molecule has 0 aliphatic heterocycles. The number of hydrogen-bond donors (Lipinski definition) is 0. The molecule has 0 atom stereocenters. The molecule has 2 aromatic heterocycles. The zero-order valence-corrected chi connectivity index (χ0v) is 17.2. The quantitative estimate of drug-likeness (QED) is 0.324. The molecule has 0 saturated heterocycles. The van der Waals surface area contributed by atoms with Crippen LogP contribution in [0.15, 0.2) is 71.3 Å². The van der Waals surface area contributed by atoms with Gasteiger partial charge >= 0.3 is 0 Å². The number of benzene rings is 3. The summed E-state index contributed by atoms with van der Waals surface area (Å²) in [5.74, 6) is 0. The van der Waals surface area contributed by atoms with Gasteiger partial charge in [0.1, 0.15) is 11.2 Å². The fourth-order valence-electron chi connectivity index (χ4n) is 4.31. The van der Waals surface area contributed by atoms with Crippen molar-refractivity contribution < 1.29 is 4.42 Å². The maximum Gasteiger partial charge on any atom is 0.145 e. The molecule has 30 heavy (non-hydrogen) atoms. The summed E-state index contributed by atoms with van der Waals surface area (Å²) in [7, 11) is 0. The van der Waals surface area contributed by atoms with Gasteiger partial charge in [0.05, 0.1) is 17.3 Å². The van der Waals surface area contributed by atoms with Gasteiger partial charge in [0.25, 0.3) is 0 Å². The summed E-state index contributed by atoms with van der Waals surface area (Å²) in [5.41, 5.74) is 9.93. The number of pyridine rings is 1. The van der Waals surface area contributed by atoms with Gasteiger partial charge in [-0.15, -0.1) is 0 Å². The normalized spacial score (nSPS) is 11.1. The van der Waals surface area contributed by atoms with Gasteiger partial charge in [-0.3, -0.25) is 4.98 Å². The van der Waals surface area contributed by atoms with Gasteiger partial charge in [-0.2, -0.15) is 5.26 Å². The van der Waals surface area contributed by atoms with E-state index in [1.165, 1.54) is 16.7 Å². The zero-order chi connectivity index (χ0) is 20.8. The zero-order valence-electron chi connectivity index (χ0n) is 17.2. The molecule has 0 radical (unpaired) electrons. The minimum absolute atomic E-state index is 0.622. The first-order valence-electron chi connectivity index (χ1n) is 9.96. The van der Waals surface area contributed by atoms with Crippen molar-refractivity contribution in [3.05, 3.63) is 89.1 Å². The predicted octanol–water partition coefficient (Wildman–Crippen LogP) is 7.11. The minimum atomic E-state index is 0.622. The molecule has 0 aliphatic carbocycles. The molecular formula is C27H20N2O. The molecule has 0 unspecified atom stereocenters. The van der Waals surface area contributed by atoms with Gasteiger partial charge in [0.2, 0.25) is 0 Å². The van der Waals surface area contributed by atoms with Crippen LogP contribution >= 0.6 is 0 Å². The SMILES string of the molecule is Cc1ccc(-c2cc(C)c(-c3ccccn3)c3oc4ccc(C#N)cc4c23)c(C)c1. The summed E-state index contributed by atoms with van der Waals surface area (Å²) in [6.45, 7) is 6.34. The van der Waals surface area contributed by atoms with Crippen molar-refractivity contribution in [3.8, 4) is 28.5 Å². The fourth-order valence-corrected chi connectivity index (χ4v) is 4.31. The van der Waals surface area contributed by atoms with E-state index in [1.807, 2.05) is 30.3 Å². The van der Waals surface area contributed by atoms with Gasteiger partial charge in [-0.1, -0.05) is 29.8 Å². The first-order valence-corrected chi connectivity index (χ1v) is 9.96. The fraction of sp³-hybridized carbons (Fsp3) is 0.111. The summed E-state index contributed by atoms with van der Waals surface area (Å²) in [5, 5.41) is 11.4. The topological polar surface area (TPSA) is 49.8 Å². The summed E-state index contributed by atoms with van der Waals surface area (Å²) in [6, 6.07) is 22.5. The number of hydrogen-bond acceptors (Lipinski definition) is 3. The van der Waals surface area contributed by atoms with Crippen LogP contribution in [0.5, 0.6) is 0 Å². The van der Waals surface area contributed by atoms with Crippen molar-refractivity contribution in [3.63, 3.8) is 0 Å². The lowest BCUT2D eigenvalue weighted by atomic mass is 9.90. The van der Waals surface area contributed by atoms with E-state index in [2.05, 4.69) is 56.1 Å². The highest BCUT2D eigenvalue weighted by Crippen LogP contribution is 2.44. The van der Waals surface area contributed by atoms with E-state index in [0.717, 1.165) is 44.3 Å². The van der Waals surface area contributed by atoms with Crippen molar-refractivity contribution in [1.29, 1.82) is 5.26 Å². The Labute approximate surface area is 175 Å². The van der Waals surface area contributed by atoms with E-state index in [1.54, 1.807) is 12.3 Å². The second-order valence-electron chi connectivity index (χ2n) is 7.78. The van der Waals surface area contributed by atoms with Crippen LogP contribution in [0.25, 0.3) is 44.3 Å². The van der Waals surface area contributed by atoms with Gasteiger partial charge in [0.15, 0.2) is 0 Å². The van der Waals surface area contributed by atoms with Crippen LogP contribution in [0, 0.1) is 32.1 Å². The van der Waals surface area contributed by atoms with Crippen LogP contribution in [0.2, 0.25) is 0 Å². The van der Waals surface area contributed by atoms with Crippen LogP contribution in [0.3, 0.4) is 0 Å². The van der Waals surface area contributed by atoms with Crippen molar-refractivity contribution in [2.75, 3.05) is 0 Å². The summed E-state index contributed by atoms with van der Waals surface area (Å²) in [4.78, 5) is 4.58. The Bertz CT molecular complexity index is 1470. The Balaban J connectivity index is 1.97. The number of nitriles is 1. The van der Waals surface area contributed by atoms with Crippen LogP contribution in [-0.2, 0) is 0 Å². The molecule has 144 valence electrons. The molecule has 0 bridgehead atoms. The highest BCUT2D eigenvalue weighted by atomic mass is 16.3. The molecule has 2 heterocycles. The second-order valence-corrected chi connectivity index (χ2v) is 7.78. The minimum Gasteiger partial charge on any atom is -0.455 e. The Morgan fingerprint density at radius 2 is 1.73 bits per heavy atom. The highest BCUT2D eigenvalue weighted by molar-refractivity contribution is 6.17. The molecule has 3 heteroatoms. The summed E-state index contributed by atoms with van der Waals surface area (Å²) < 4.78 is 6.39. The van der Waals surface area contributed by atoms with E-state index in [4.69, 9.17) is 4.42 Å². The van der Waals surface area contributed by atoms with Crippen molar-refractivity contribution in [2.45, 2.75) is 20.8 Å². The number of rotatable bonds is 2. The van der Waals surface area contributed by atoms with Crippen LogP contribution in [0.1, 0.15) is 22.3 Å². The first-order chi connectivity index (χ1) is 14.6. The monoisotopic (exact) mass is 388 g/mol. The number of furan rings is 1. The van der Waals surface area contributed by atoms with Crippen molar-refractivity contribution in [2.24, 2.45) is 0 Å². The smallest absolute Gasteiger partial charge is 0.145 e. The van der Waals surface area contributed by atoms with E-state index < -0.39 is 0 Å². The van der Waals surface area contributed by atoms with Crippen molar-refractivity contribution in [1.82, 2.24) is 4.98 Å². The lowest BCUT2D eigenvalue weighted by Crippen LogP contribution is -1.92. The molecule has 0 fully saturated rings. The number of aryl methyl sites for hydroxylation is 3. The van der Waals surface area contributed by atoms with Gasteiger partial charge in [0, 0.05) is 22.5 Å². The van der Waals surface area contributed by atoms with Gasteiger partial charge in [-0.05, 0) is 79.4 Å². The molecule has 0 N–H and O–H groups in total. The summed E-state index contributed by atoms with van der Waals surface area (Å²) >= 11 is 0. The van der Waals surface area contributed by atoms with E-state index in [-0.39, 0.29) is 0 Å². The Morgan fingerprint density at radius 1 is 0.867 bits per heavy atom. The molecule has 0 saturated carbocycles. The van der Waals surface area contributed by atoms with E-state index in [9.17, 15) is 5.26 Å². The average Bonchev–Trinajstić information content (AvgIpc) is 3.12. The Kier molecular flexibility index (Phi) is 4.15. The molecular weight excluding hydrogens is 368 g/mol. The Hall–Kier alpha value is -3.90. The molecule has 0 spiro atoms. The maximum atomic E-state index is 9.45. The lowest BCUT2D eigenvalue weighted by molar-refractivity contribution is 0.669. The second kappa shape index (κ2) is 6.86. The van der Waals surface area contributed by atoms with E-state index in [0.29, 0.717) is 5.56 Å². The molecule has 0 aliphatic rings. The summed E-state index contributed by atoms with van der Waals surface area (Å²) in [6.07, 6.45) is 1.80. The third-order valence-electron chi connectivity index (χ3n) is 5.66. The third-order valence-corrected chi connectivity index (χ3v) is 5.66. The lowest BCUT2D eigenvalue weighted by Gasteiger charge is -2.13. The molecule has 0 amide bonds. The largest absolute Gasteiger partial charge is 0.455 e. The Morgan fingerprint density at radius 3 is 2.47 bits per heavy atom. The number of aromatic nitrogens is 1. The van der Waals surface area contributed by atoms with Crippen LogP contribution in [-0.4, -0.2) is 4.98 Å². The van der Waals surface area contributed by atoms with E-state index >= 15 is 0 Å². The predicted molar refractivity (Wildman–Crippen MR) is 121 cm³/mol. The van der Waals surface area contributed by atoms with Crippen LogP contribution < -0.4 is 0 Å². The average molecular weight is 388 g/mol.